The lowest BCUT2D eigenvalue weighted by Crippen LogP contribution is -2.38. The SMILES string of the molecule is CCCC1(CCC)OC(=O)C(C(c2cccc(CS(=O)(=O)c3ncc4ccccc4n3)c2)C2CC2)C1=O. The Morgan fingerprint density at radius 2 is 1.76 bits per heavy atom. The van der Waals surface area contributed by atoms with Crippen LogP contribution in [0.25, 0.3) is 10.9 Å². The number of carbonyl (C=O) groups is 2. The quantitative estimate of drug-likeness (QED) is 0.206. The molecule has 8 heteroatoms. The average molecular weight is 521 g/mol. The van der Waals surface area contributed by atoms with Gasteiger partial charge in [0.1, 0.15) is 5.92 Å². The number of ketones is 1. The zero-order chi connectivity index (χ0) is 26.2. The van der Waals surface area contributed by atoms with Gasteiger partial charge in [0.05, 0.1) is 11.3 Å². The smallest absolute Gasteiger partial charge is 0.318 e. The van der Waals surface area contributed by atoms with Gasteiger partial charge in [-0.05, 0) is 48.8 Å². The number of carbonyl (C=O) groups excluding carboxylic acids is 2. The first-order valence-electron chi connectivity index (χ1n) is 13.1. The number of ether oxygens (including phenoxy) is 1. The van der Waals surface area contributed by atoms with Crippen LogP contribution in [-0.2, 0) is 29.9 Å². The van der Waals surface area contributed by atoms with Gasteiger partial charge >= 0.3 is 5.97 Å². The normalized spacial score (nSPS) is 20.2. The molecule has 1 aliphatic carbocycles. The van der Waals surface area contributed by atoms with Crippen molar-refractivity contribution in [2.45, 2.75) is 74.8 Å². The van der Waals surface area contributed by atoms with Crippen molar-refractivity contribution in [1.82, 2.24) is 9.97 Å². The zero-order valence-corrected chi connectivity index (χ0v) is 22.0. The summed E-state index contributed by atoms with van der Waals surface area (Å²) in [5, 5.41) is 0.555. The summed E-state index contributed by atoms with van der Waals surface area (Å²) in [6, 6.07) is 14.5. The fraction of sp³-hybridized carbons (Fsp3) is 0.448. The van der Waals surface area contributed by atoms with E-state index in [1.54, 1.807) is 24.3 Å². The molecule has 7 nitrogen and oxygen atoms in total. The molecule has 1 aromatic heterocycles. The summed E-state index contributed by atoms with van der Waals surface area (Å²) in [6.45, 7) is 3.99. The van der Waals surface area contributed by atoms with Gasteiger partial charge in [-0.1, -0.05) is 69.2 Å². The summed E-state index contributed by atoms with van der Waals surface area (Å²) in [4.78, 5) is 35.2. The molecule has 2 heterocycles. The summed E-state index contributed by atoms with van der Waals surface area (Å²) >= 11 is 0. The number of cyclic esters (lactones) is 1. The highest BCUT2D eigenvalue weighted by Gasteiger charge is 2.58. The number of fused-ring (bicyclic) bond motifs is 1. The van der Waals surface area contributed by atoms with Crippen molar-refractivity contribution in [2.75, 3.05) is 0 Å². The van der Waals surface area contributed by atoms with Crippen molar-refractivity contribution in [3.63, 3.8) is 0 Å². The Morgan fingerprint density at radius 1 is 1.03 bits per heavy atom. The molecule has 1 saturated heterocycles. The Labute approximate surface area is 217 Å². The standard InChI is InChI=1S/C29H32N2O5S/c1-3-14-29(15-4-2)26(32)25(27(33)36-29)24(20-12-13-20)21-10-7-8-19(16-21)18-37(34,35)28-30-17-22-9-5-6-11-23(22)31-28/h5-11,16-17,20,24-25H,3-4,12-15,18H2,1-2H3. The Bertz CT molecular complexity index is 1440. The molecule has 0 radical (unpaired) electrons. The van der Waals surface area contributed by atoms with E-state index in [1.165, 1.54) is 6.20 Å². The molecule has 0 amide bonds. The summed E-state index contributed by atoms with van der Waals surface area (Å²) in [6.07, 6.45) is 5.96. The lowest BCUT2D eigenvalue weighted by atomic mass is 9.75. The Kier molecular flexibility index (Phi) is 6.88. The van der Waals surface area contributed by atoms with E-state index in [1.807, 2.05) is 38.1 Å². The first-order chi connectivity index (χ1) is 17.8. The number of sulfone groups is 1. The van der Waals surface area contributed by atoms with Crippen LogP contribution in [0.1, 0.15) is 69.4 Å². The molecule has 0 spiro atoms. The third-order valence-electron chi connectivity index (χ3n) is 7.52. The molecule has 2 aliphatic rings. The van der Waals surface area contributed by atoms with E-state index >= 15 is 0 Å². The number of benzene rings is 2. The van der Waals surface area contributed by atoms with Crippen molar-refractivity contribution in [3.05, 3.63) is 65.9 Å². The van der Waals surface area contributed by atoms with Crippen molar-refractivity contribution < 1.29 is 22.7 Å². The maximum Gasteiger partial charge on any atom is 0.318 e. The molecule has 2 atom stereocenters. The number of nitrogens with zero attached hydrogens (tertiary/aromatic N) is 2. The highest BCUT2D eigenvalue weighted by atomic mass is 32.2. The lowest BCUT2D eigenvalue weighted by Gasteiger charge is -2.26. The molecule has 2 fully saturated rings. The maximum absolute atomic E-state index is 13.7. The molecule has 3 aromatic rings. The molecule has 2 unspecified atom stereocenters. The van der Waals surface area contributed by atoms with E-state index in [-0.39, 0.29) is 28.5 Å². The number of aromatic nitrogens is 2. The van der Waals surface area contributed by atoms with Crippen LogP contribution in [0.4, 0.5) is 0 Å². The van der Waals surface area contributed by atoms with Gasteiger partial charge in [0.25, 0.3) is 0 Å². The average Bonchev–Trinajstić information content (AvgIpc) is 3.68. The zero-order valence-electron chi connectivity index (χ0n) is 21.2. The second kappa shape index (κ2) is 9.97. The summed E-state index contributed by atoms with van der Waals surface area (Å²) in [5.41, 5.74) is 0.924. The number of Topliss-reactive ketones (excluding diaryl/α,β-unsaturated/α-hetero) is 1. The van der Waals surface area contributed by atoms with Gasteiger partial charge in [-0.25, -0.2) is 18.4 Å². The highest BCUT2D eigenvalue weighted by molar-refractivity contribution is 7.90. The molecule has 0 bridgehead atoms. The second-order valence-corrected chi connectivity index (χ2v) is 12.2. The van der Waals surface area contributed by atoms with E-state index in [9.17, 15) is 18.0 Å². The monoisotopic (exact) mass is 520 g/mol. The molecular weight excluding hydrogens is 488 g/mol. The Hall–Kier alpha value is -3.13. The van der Waals surface area contributed by atoms with Crippen LogP contribution in [0, 0.1) is 11.8 Å². The van der Waals surface area contributed by atoms with Crippen molar-refractivity contribution in [1.29, 1.82) is 0 Å². The topological polar surface area (TPSA) is 103 Å². The molecule has 2 aromatic carbocycles. The number of hydrogen-bond donors (Lipinski definition) is 0. The number of rotatable bonds is 10. The lowest BCUT2D eigenvalue weighted by molar-refractivity contribution is -0.154. The Morgan fingerprint density at radius 3 is 2.46 bits per heavy atom. The molecular formula is C29H32N2O5S. The summed E-state index contributed by atoms with van der Waals surface area (Å²) in [7, 11) is -3.81. The number of esters is 1. The van der Waals surface area contributed by atoms with Gasteiger partial charge in [-0.2, -0.15) is 0 Å². The molecule has 0 N–H and O–H groups in total. The van der Waals surface area contributed by atoms with Crippen molar-refractivity contribution in [3.8, 4) is 0 Å². The third-order valence-corrected chi connectivity index (χ3v) is 8.98. The first-order valence-corrected chi connectivity index (χ1v) is 14.7. The van der Waals surface area contributed by atoms with Crippen LogP contribution in [0.5, 0.6) is 0 Å². The van der Waals surface area contributed by atoms with E-state index in [0.717, 1.165) is 36.6 Å². The molecule has 37 heavy (non-hydrogen) atoms. The van der Waals surface area contributed by atoms with E-state index in [2.05, 4.69) is 9.97 Å². The fourth-order valence-electron chi connectivity index (χ4n) is 5.76. The van der Waals surface area contributed by atoms with E-state index < -0.39 is 27.3 Å². The minimum absolute atomic E-state index is 0.110. The third kappa shape index (κ3) is 4.91. The minimum Gasteiger partial charge on any atom is -0.450 e. The van der Waals surface area contributed by atoms with E-state index in [0.29, 0.717) is 23.9 Å². The van der Waals surface area contributed by atoms with Crippen LogP contribution >= 0.6 is 0 Å². The maximum atomic E-state index is 13.7. The molecule has 1 saturated carbocycles. The van der Waals surface area contributed by atoms with Gasteiger partial charge < -0.3 is 4.74 Å². The van der Waals surface area contributed by atoms with Crippen molar-refractivity contribution in [2.24, 2.45) is 11.8 Å². The van der Waals surface area contributed by atoms with Crippen LogP contribution in [-0.4, -0.2) is 35.7 Å². The number of hydrogen-bond acceptors (Lipinski definition) is 7. The van der Waals surface area contributed by atoms with Gasteiger partial charge in [0.15, 0.2) is 11.4 Å². The second-order valence-electron chi connectivity index (χ2n) is 10.3. The summed E-state index contributed by atoms with van der Waals surface area (Å²) in [5.74, 6) is -1.77. The largest absolute Gasteiger partial charge is 0.450 e. The molecule has 1 aliphatic heterocycles. The van der Waals surface area contributed by atoms with Crippen LogP contribution in [0.15, 0.2) is 59.9 Å². The van der Waals surface area contributed by atoms with Crippen LogP contribution < -0.4 is 0 Å². The van der Waals surface area contributed by atoms with E-state index in [4.69, 9.17) is 4.74 Å². The first kappa shape index (κ1) is 25.5. The van der Waals surface area contributed by atoms with Crippen molar-refractivity contribution >= 4 is 32.5 Å². The molecule has 5 rings (SSSR count). The van der Waals surface area contributed by atoms with Gasteiger partial charge in [-0.3, -0.25) is 9.59 Å². The molecule has 194 valence electrons. The summed E-state index contributed by atoms with van der Waals surface area (Å²) < 4.78 is 32.3. The number of para-hydroxylation sites is 1. The predicted molar refractivity (Wildman–Crippen MR) is 139 cm³/mol. The minimum atomic E-state index is -3.81. The van der Waals surface area contributed by atoms with Gasteiger partial charge in [0.2, 0.25) is 15.0 Å². The van der Waals surface area contributed by atoms with Gasteiger partial charge in [0, 0.05) is 17.5 Å². The Balaban J connectivity index is 1.44. The predicted octanol–water partition coefficient (Wildman–Crippen LogP) is 5.18. The van der Waals surface area contributed by atoms with Crippen LogP contribution in [0.2, 0.25) is 0 Å². The fourth-order valence-corrected chi connectivity index (χ4v) is 6.96. The van der Waals surface area contributed by atoms with Crippen LogP contribution in [0.3, 0.4) is 0 Å². The van der Waals surface area contributed by atoms with Gasteiger partial charge in [-0.15, -0.1) is 0 Å². The highest BCUT2D eigenvalue weighted by Crippen LogP contribution is 2.51.